The van der Waals surface area contributed by atoms with Gasteiger partial charge in [-0.2, -0.15) is 5.10 Å². The fraction of sp³-hybridized carbons (Fsp3) is 0.111. The van der Waals surface area contributed by atoms with E-state index in [1.165, 1.54) is 0 Å². The Bertz CT molecular complexity index is 1130. The van der Waals surface area contributed by atoms with Gasteiger partial charge >= 0.3 is 0 Å². The lowest BCUT2D eigenvalue weighted by molar-refractivity contribution is -0.118. The Morgan fingerprint density at radius 1 is 1.27 bits per heavy atom. The number of fused-ring (bicyclic) bond motifs is 2. The van der Waals surface area contributed by atoms with Crippen molar-refractivity contribution < 1.29 is 9.53 Å². The van der Waals surface area contributed by atoms with E-state index >= 15 is 0 Å². The molecule has 4 aromatic rings. The lowest BCUT2D eigenvalue weighted by Gasteiger charge is -2.10. The number of ether oxygens (including phenoxy) is 1. The molecular weight excluding hydrogens is 354 g/mol. The number of H-pyrrole nitrogens is 1. The van der Waals surface area contributed by atoms with Gasteiger partial charge in [0, 0.05) is 22.7 Å². The Morgan fingerprint density at radius 2 is 2.15 bits per heavy atom. The van der Waals surface area contributed by atoms with E-state index in [0.717, 1.165) is 16.5 Å². The largest absolute Gasteiger partial charge is 0.481 e. The summed E-state index contributed by atoms with van der Waals surface area (Å²) < 4.78 is 5.63. The first-order valence-corrected chi connectivity index (χ1v) is 8.26. The van der Waals surface area contributed by atoms with Crippen LogP contribution in [0.5, 0.6) is 5.75 Å². The molecule has 0 bridgehead atoms. The van der Waals surface area contributed by atoms with E-state index in [-0.39, 0.29) is 12.5 Å². The summed E-state index contributed by atoms with van der Waals surface area (Å²) in [5.41, 5.74) is 2.69. The zero-order valence-electron chi connectivity index (χ0n) is 13.8. The lowest BCUT2D eigenvalue weighted by Crippen LogP contribution is -2.20. The van der Waals surface area contributed by atoms with E-state index in [0.29, 0.717) is 27.6 Å². The van der Waals surface area contributed by atoms with E-state index in [1.807, 2.05) is 19.1 Å². The zero-order chi connectivity index (χ0) is 18.1. The van der Waals surface area contributed by atoms with E-state index in [2.05, 4.69) is 25.5 Å². The highest BCUT2D eigenvalue weighted by molar-refractivity contribution is 6.35. The molecule has 0 saturated carbocycles. The van der Waals surface area contributed by atoms with Gasteiger partial charge in [0.2, 0.25) is 0 Å². The van der Waals surface area contributed by atoms with Crippen molar-refractivity contribution in [2.24, 2.45) is 0 Å². The first-order valence-electron chi connectivity index (χ1n) is 7.88. The number of nitrogens with zero attached hydrogens (tertiary/aromatic N) is 3. The number of carbonyl (C=O) groups is 1. The molecule has 4 rings (SSSR count). The molecule has 2 N–H and O–H groups in total. The molecule has 8 heteroatoms. The molecule has 0 saturated heterocycles. The number of rotatable bonds is 4. The summed E-state index contributed by atoms with van der Waals surface area (Å²) in [6.45, 7) is 1.74. The van der Waals surface area contributed by atoms with Gasteiger partial charge in [-0.05, 0) is 37.3 Å². The van der Waals surface area contributed by atoms with Crippen LogP contribution >= 0.6 is 11.6 Å². The van der Waals surface area contributed by atoms with Gasteiger partial charge in [0.15, 0.2) is 12.3 Å². The number of anilines is 1. The number of pyridine rings is 2. The molecule has 130 valence electrons. The maximum Gasteiger partial charge on any atom is 0.262 e. The van der Waals surface area contributed by atoms with Gasteiger partial charge in [0.1, 0.15) is 11.3 Å². The standard InChI is InChI=1S/C18H14ClN5O2/c1-10-13-7-11(8-21-18(13)24-23-10)22-16(25)9-26-15-5-4-14(19)12-3-2-6-20-17(12)15/h2-8H,9H2,1H3,(H,22,25)(H,21,23,24). The van der Waals surface area contributed by atoms with Crippen LogP contribution in [-0.2, 0) is 4.79 Å². The minimum Gasteiger partial charge on any atom is -0.481 e. The van der Waals surface area contributed by atoms with Crippen molar-refractivity contribution in [3.05, 3.63) is 53.4 Å². The normalized spacial score (nSPS) is 11.0. The van der Waals surface area contributed by atoms with Crippen molar-refractivity contribution >= 4 is 45.1 Å². The second kappa shape index (κ2) is 6.61. The van der Waals surface area contributed by atoms with Crippen molar-refractivity contribution in [2.45, 2.75) is 6.92 Å². The number of benzene rings is 1. The van der Waals surface area contributed by atoms with E-state index in [9.17, 15) is 4.79 Å². The molecule has 26 heavy (non-hydrogen) atoms. The van der Waals surface area contributed by atoms with Crippen molar-refractivity contribution in [3.8, 4) is 5.75 Å². The van der Waals surface area contributed by atoms with Gasteiger partial charge in [0.05, 0.1) is 16.9 Å². The Balaban J connectivity index is 1.48. The van der Waals surface area contributed by atoms with Crippen LogP contribution in [0.4, 0.5) is 5.69 Å². The number of aryl methyl sites for hydroxylation is 1. The van der Waals surface area contributed by atoms with E-state index < -0.39 is 0 Å². The lowest BCUT2D eigenvalue weighted by atomic mass is 10.2. The molecule has 1 aromatic carbocycles. The fourth-order valence-corrected chi connectivity index (χ4v) is 2.87. The summed E-state index contributed by atoms with van der Waals surface area (Å²) in [7, 11) is 0. The molecular formula is C18H14ClN5O2. The highest BCUT2D eigenvalue weighted by Gasteiger charge is 2.10. The average Bonchev–Trinajstić information content (AvgIpc) is 3.02. The molecule has 0 unspecified atom stereocenters. The number of aromatic nitrogens is 4. The highest BCUT2D eigenvalue weighted by Crippen LogP contribution is 2.29. The first kappa shape index (κ1) is 16.3. The topological polar surface area (TPSA) is 92.8 Å². The van der Waals surface area contributed by atoms with Crippen molar-refractivity contribution in [3.63, 3.8) is 0 Å². The molecule has 7 nitrogen and oxygen atoms in total. The molecule has 0 atom stereocenters. The van der Waals surface area contributed by atoms with Crippen LogP contribution in [-0.4, -0.2) is 32.7 Å². The Kier molecular flexibility index (Phi) is 4.14. The molecule has 0 radical (unpaired) electrons. The Labute approximate surface area is 153 Å². The SMILES string of the molecule is Cc1[nH]nc2ncc(NC(=O)COc3ccc(Cl)c4cccnc34)cc12. The van der Waals surface area contributed by atoms with Crippen molar-refractivity contribution in [1.29, 1.82) is 0 Å². The summed E-state index contributed by atoms with van der Waals surface area (Å²) in [5.74, 6) is 0.200. The molecule has 0 aliphatic heterocycles. The molecule has 0 spiro atoms. The number of hydrogen-bond donors (Lipinski definition) is 2. The molecule has 3 heterocycles. The smallest absolute Gasteiger partial charge is 0.262 e. The number of amides is 1. The maximum absolute atomic E-state index is 12.2. The fourth-order valence-electron chi connectivity index (χ4n) is 2.66. The predicted octanol–water partition coefficient (Wildman–Crippen LogP) is 3.49. The van der Waals surface area contributed by atoms with Gasteiger partial charge in [0.25, 0.3) is 5.91 Å². The number of halogens is 1. The minimum absolute atomic E-state index is 0.157. The monoisotopic (exact) mass is 367 g/mol. The van der Waals surface area contributed by atoms with Crippen LogP contribution in [0, 0.1) is 6.92 Å². The van der Waals surface area contributed by atoms with Gasteiger partial charge in [-0.25, -0.2) is 4.98 Å². The third-order valence-electron chi connectivity index (χ3n) is 3.92. The van der Waals surface area contributed by atoms with Crippen LogP contribution in [0.25, 0.3) is 21.9 Å². The van der Waals surface area contributed by atoms with Crippen molar-refractivity contribution in [1.82, 2.24) is 20.2 Å². The zero-order valence-corrected chi connectivity index (χ0v) is 14.5. The summed E-state index contributed by atoms with van der Waals surface area (Å²) in [5, 5.41) is 11.9. The van der Waals surface area contributed by atoms with Crippen LogP contribution in [0.15, 0.2) is 42.7 Å². The summed E-state index contributed by atoms with van der Waals surface area (Å²) in [6.07, 6.45) is 3.21. The Morgan fingerprint density at radius 3 is 3.04 bits per heavy atom. The van der Waals surface area contributed by atoms with E-state index in [4.69, 9.17) is 16.3 Å². The van der Waals surface area contributed by atoms with Gasteiger partial charge < -0.3 is 10.1 Å². The predicted molar refractivity (Wildman–Crippen MR) is 99.5 cm³/mol. The molecule has 0 aliphatic carbocycles. The third kappa shape index (κ3) is 3.04. The quantitative estimate of drug-likeness (QED) is 0.576. The average molecular weight is 368 g/mol. The van der Waals surface area contributed by atoms with E-state index in [1.54, 1.807) is 30.6 Å². The summed E-state index contributed by atoms with van der Waals surface area (Å²) >= 11 is 6.16. The van der Waals surface area contributed by atoms with Crippen molar-refractivity contribution in [2.75, 3.05) is 11.9 Å². The third-order valence-corrected chi connectivity index (χ3v) is 4.25. The minimum atomic E-state index is -0.300. The number of hydrogen-bond acceptors (Lipinski definition) is 5. The molecule has 0 fully saturated rings. The maximum atomic E-state index is 12.2. The number of carbonyl (C=O) groups excluding carboxylic acids is 1. The van der Waals surface area contributed by atoms with Crippen LogP contribution in [0.1, 0.15) is 5.69 Å². The second-order valence-electron chi connectivity index (χ2n) is 5.73. The Hall–Kier alpha value is -3.19. The second-order valence-corrected chi connectivity index (χ2v) is 6.13. The highest BCUT2D eigenvalue weighted by atomic mass is 35.5. The van der Waals surface area contributed by atoms with Gasteiger partial charge in [-0.1, -0.05) is 11.6 Å². The van der Waals surface area contributed by atoms with Crippen LogP contribution in [0.2, 0.25) is 5.02 Å². The molecule has 3 aromatic heterocycles. The molecule has 1 amide bonds. The van der Waals surface area contributed by atoms with Crippen LogP contribution in [0.3, 0.4) is 0 Å². The summed E-state index contributed by atoms with van der Waals surface area (Å²) in [4.78, 5) is 20.7. The number of aromatic amines is 1. The number of nitrogens with one attached hydrogen (secondary N) is 2. The first-order chi connectivity index (χ1) is 12.6. The van der Waals surface area contributed by atoms with Crippen LogP contribution < -0.4 is 10.1 Å². The molecule has 0 aliphatic rings. The summed E-state index contributed by atoms with van der Waals surface area (Å²) in [6, 6.07) is 8.89. The van der Waals surface area contributed by atoms with Gasteiger partial charge in [-0.3, -0.25) is 14.9 Å². The van der Waals surface area contributed by atoms with Gasteiger partial charge in [-0.15, -0.1) is 0 Å².